The van der Waals surface area contributed by atoms with Crippen molar-refractivity contribution < 1.29 is 9.59 Å². The number of carbonyl (C=O) groups is 2. The van der Waals surface area contributed by atoms with Gasteiger partial charge in [0.1, 0.15) is 0 Å². The number of carbonyl (C=O) groups excluding carboxylic acids is 2. The minimum absolute atomic E-state index is 0.0167. The van der Waals surface area contributed by atoms with Crippen molar-refractivity contribution >= 4 is 17.4 Å². The first-order valence-electron chi connectivity index (χ1n) is 6.46. The van der Waals surface area contributed by atoms with E-state index in [0.29, 0.717) is 5.56 Å². The third-order valence-corrected chi connectivity index (χ3v) is 3.37. The largest absolute Gasteiger partial charge is 0.312 e. The molecule has 0 fully saturated rings. The standard InChI is InChI=1S/C15H19NO2/c1-10(2)15(18)16-8-4-5-12-6-7-13(11(3)17)9-14(12)16/h6-7,9-10H,4-5,8H2,1-3H3. The van der Waals surface area contributed by atoms with Crippen LogP contribution >= 0.6 is 0 Å². The first kappa shape index (κ1) is 12.8. The van der Waals surface area contributed by atoms with Gasteiger partial charge in [-0.25, -0.2) is 0 Å². The lowest BCUT2D eigenvalue weighted by atomic mass is 9.97. The van der Waals surface area contributed by atoms with Crippen LogP contribution in [0.15, 0.2) is 18.2 Å². The molecule has 18 heavy (non-hydrogen) atoms. The summed E-state index contributed by atoms with van der Waals surface area (Å²) in [5.41, 5.74) is 2.77. The molecule has 0 atom stereocenters. The molecule has 0 aromatic heterocycles. The van der Waals surface area contributed by atoms with Crippen LogP contribution in [-0.4, -0.2) is 18.2 Å². The molecule has 1 heterocycles. The highest BCUT2D eigenvalue weighted by atomic mass is 16.2. The number of aryl methyl sites for hydroxylation is 1. The summed E-state index contributed by atoms with van der Waals surface area (Å²) < 4.78 is 0. The maximum absolute atomic E-state index is 12.2. The summed E-state index contributed by atoms with van der Waals surface area (Å²) in [4.78, 5) is 25.5. The average molecular weight is 245 g/mol. The molecule has 0 radical (unpaired) electrons. The van der Waals surface area contributed by atoms with Gasteiger partial charge in [-0.1, -0.05) is 26.0 Å². The molecule has 1 aliphatic heterocycles. The minimum Gasteiger partial charge on any atom is -0.312 e. The SMILES string of the molecule is CC(=O)c1ccc2c(c1)N(C(=O)C(C)C)CCC2. The maximum Gasteiger partial charge on any atom is 0.229 e. The zero-order chi connectivity index (χ0) is 13.3. The van der Waals surface area contributed by atoms with Gasteiger partial charge in [0.25, 0.3) is 0 Å². The van der Waals surface area contributed by atoms with Gasteiger partial charge in [-0.05, 0) is 31.4 Å². The molecule has 0 aliphatic carbocycles. The second-order valence-electron chi connectivity index (χ2n) is 5.15. The molecule has 0 bridgehead atoms. The van der Waals surface area contributed by atoms with Crippen molar-refractivity contribution in [3.8, 4) is 0 Å². The van der Waals surface area contributed by atoms with Gasteiger partial charge in [0.15, 0.2) is 5.78 Å². The molecule has 1 aromatic carbocycles. The Kier molecular flexibility index (Phi) is 3.50. The Balaban J connectivity index is 2.43. The summed E-state index contributed by atoms with van der Waals surface area (Å²) in [6.45, 7) is 6.13. The lowest BCUT2D eigenvalue weighted by Gasteiger charge is -2.31. The summed E-state index contributed by atoms with van der Waals surface area (Å²) in [6.07, 6.45) is 1.97. The molecular formula is C15H19NO2. The highest BCUT2D eigenvalue weighted by Crippen LogP contribution is 2.29. The molecule has 0 saturated carbocycles. The zero-order valence-corrected chi connectivity index (χ0v) is 11.2. The van der Waals surface area contributed by atoms with E-state index in [1.165, 1.54) is 5.56 Å². The Morgan fingerprint density at radius 3 is 2.61 bits per heavy atom. The zero-order valence-electron chi connectivity index (χ0n) is 11.2. The quantitative estimate of drug-likeness (QED) is 0.751. The molecular weight excluding hydrogens is 226 g/mol. The highest BCUT2D eigenvalue weighted by molar-refractivity contribution is 5.99. The Morgan fingerprint density at radius 2 is 2.00 bits per heavy atom. The second kappa shape index (κ2) is 4.92. The number of rotatable bonds is 2. The van der Waals surface area contributed by atoms with Crippen LogP contribution in [0.1, 0.15) is 43.1 Å². The van der Waals surface area contributed by atoms with E-state index in [2.05, 4.69) is 0 Å². The lowest BCUT2D eigenvalue weighted by molar-refractivity contribution is -0.121. The fourth-order valence-electron chi connectivity index (χ4n) is 2.33. The molecule has 0 unspecified atom stereocenters. The van der Waals surface area contributed by atoms with Crippen LogP contribution < -0.4 is 4.90 Å². The van der Waals surface area contributed by atoms with E-state index in [1.807, 2.05) is 36.9 Å². The van der Waals surface area contributed by atoms with E-state index < -0.39 is 0 Å². The van der Waals surface area contributed by atoms with Crippen molar-refractivity contribution in [3.05, 3.63) is 29.3 Å². The van der Waals surface area contributed by atoms with Crippen LogP contribution in [0.2, 0.25) is 0 Å². The van der Waals surface area contributed by atoms with E-state index >= 15 is 0 Å². The van der Waals surface area contributed by atoms with Gasteiger partial charge < -0.3 is 4.90 Å². The van der Waals surface area contributed by atoms with Crippen LogP contribution in [-0.2, 0) is 11.2 Å². The van der Waals surface area contributed by atoms with Gasteiger partial charge in [-0.3, -0.25) is 9.59 Å². The van der Waals surface area contributed by atoms with Crippen molar-refractivity contribution in [2.24, 2.45) is 5.92 Å². The molecule has 1 aromatic rings. The molecule has 3 heteroatoms. The Morgan fingerprint density at radius 1 is 1.28 bits per heavy atom. The summed E-state index contributed by atoms with van der Waals surface area (Å²) in [5.74, 6) is 0.161. The molecule has 0 N–H and O–H groups in total. The van der Waals surface area contributed by atoms with Gasteiger partial charge in [0.2, 0.25) is 5.91 Å². The Bertz CT molecular complexity index is 491. The van der Waals surface area contributed by atoms with Crippen molar-refractivity contribution in [3.63, 3.8) is 0 Å². The molecule has 3 nitrogen and oxygen atoms in total. The second-order valence-corrected chi connectivity index (χ2v) is 5.15. The molecule has 1 amide bonds. The van der Waals surface area contributed by atoms with Gasteiger partial charge in [-0.2, -0.15) is 0 Å². The van der Waals surface area contributed by atoms with Crippen molar-refractivity contribution in [2.75, 3.05) is 11.4 Å². The third kappa shape index (κ3) is 2.30. The van der Waals surface area contributed by atoms with Gasteiger partial charge in [0, 0.05) is 23.7 Å². The average Bonchev–Trinajstić information content (AvgIpc) is 2.36. The third-order valence-electron chi connectivity index (χ3n) is 3.37. The lowest BCUT2D eigenvalue weighted by Crippen LogP contribution is -2.38. The Labute approximate surface area is 108 Å². The van der Waals surface area contributed by atoms with Gasteiger partial charge in [0.05, 0.1) is 0 Å². The van der Waals surface area contributed by atoms with E-state index in [9.17, 15) is 9.59 Å². The van der Waals surface area contributed by atoms with E-state index in [-0.39, 0.29) is 17.6 Å². The van der Waals surface area contributed by atoms with E-state index in [4.69, 9.17) is 0 Å². The summed E-state index contributed by atoms with van der Waals surface area (Å²) in [5, 5.41) is 0. The molecule has 0 saturated heterocycles. The fraction of sp³-hybridized carbons (Fsp3) is 0.467. The predicted molar refractivity (Wildman–Crippen MR) is 72.0 cm³/mol. The topological polar surface area (TPSA) is 37.4 Å². The number of ketones is 1. The van der Waals surface area contributed by atoms with Crippen molar-refractivity contribution in [1.82, 2.24) is 0 Å². The van der Waals surface area contributed by atoms with Gasteiger partial charge >= 0.3 is 0 Å². The minimum atomic E-state index is -0.0167. The summed E-state index contributed by atoms with van der Waals surface area (Å²) in [7, 11) is 0. The number of amides is 1. The van der Waals surface area contributed by atoms with Crippen LogP contribution in [0.3, 0.4) is 0 Å². The fourth-order valence-corrected chi connectivity index (χ4v) is 2.33. The van der Waals surface area contributed by atoms with Crippen LogP contribution in [0, 0.1) is 5.92 Å². The smallest absolute Gasteiger partial charge is 0.229 e. The highest BCUT2D eigenvalue weighted by Gasteiger charge is 2.24. The molecule has 0 spiro atoms. The van der Waals surface area contributed by atoms with E-state index in [1.54, 1.807) is 6.92 Å². The number of benzene rings is 1. The monoisotopic (exact) mass is 245 g/mol. The molecule has 2 rings (SSSR count). The van der Waals surface area contributed by atoms with Crippen LogP contribution in [0.25, 0.3) is 0 Å². The van der Waals surface area contributed by atoms with Crippen LogP contribution in [0.4, 0.5) is 5.69 Å². The van der Waals surface area contributed by atoms with Crippen molar-refractivity contribution in [2.45, 2.75) is 33.6 Å². The Hall–Kier alpha value is -1.64. The molecule has 1 aliphatic rings. The predicted octanol–water partition coefficient (Wildman–Crippen LogP) is 2.82. The summed E-state index contributed by atoms with van der Waals surface area (Å²) in [6, 6.07) is 5.69. The summed E-state index contributed by atoms with van der Waals surface area (Å²) >= 11 is 0. The van der Waals surface area contributed by atoms with Crippen molar-refractivity contribution in [1.29, 1.82) is 0 Å². The number of hydrogen-bond acceptors (Lipinski definition) is 2. The first-order valence-corrected chi connectivity index (χ1v) is 6.46. The first-order chi connectivity index (χ1) is 8.50. The molecule has 96 valence electrons. The number of hydrogen-bond donors (Lipinski definition) is 0. The number of nitrogens with zero attached hydrogens (tertiary/aromatic N) is 1. The number of fused-ring (bicyclic) bond motifs is 1. The van der Waals surface area contributed by atoms with Gasteiger partial charge in [-0.15, -0.1) is 0 Å². The van der Waals surface area contributed by atoms with E-state index in [0.717, 1.165) is 25.1 Å². The maximum atomic E-state index is 12.2. The van der Waals surface area contributed by atoms with Crippen LogP contribution in [0.5, 0.6) is 0 Å². The number of anilines is 1. The number of Topliss-reactive ketones (excluding diaryl/α,β-unsaturated/α-hetero) is 1. The normalized spacial score (nSPS) is 14.6.